The Morgan fingerprint density at radius 2 is 0.947 bits per heavy atom. The van der Waals surface area contributed by atoms with Gasteiger partial charge in [0, 0.05) is 6.42 Å². The van der Waals surface area contributed by atoms with Gasteiger partial charge in [-0.2, -0.15) is 0 Å². The van der Waals surface area contributed by atoms with Gasteiger partial charge < -0.3 is 20.3 Å². The molecular formula is C51H95NO5. The number of hydrogen-bond acceptors (Lipinski definition) is 5. The van der Waals surface area contributed by atoms with E-state index in [0.717, 1.165) is 77.0 Å². The Hall–Kier alpha value is -1.92. The third-order valence-corrected chi connectivity index (χ3v) is 11.2. The van der Waals surface area contributed by atoms with Crippen molar-refractivity contribution in [2.75, 3.05) is 6.61 Å². The molecule has 3 unspecified atom stereocenters. The fourth-order valence-corrected chi connectivity index (χ4v) is 7.50. The predicted molar refractivity (Wildman–Crippen MR) is 246 cm³/mol. The highest BCUT2D eigenvalue weighted by Crippen LogP contribution is 2.18. The predicted octanol–water partition coefficient (Wildman–Crippen LogP) is 14.5. The third kappa shape index (κ3) is 40.6. The fraction of sp³-hybridized carbons (Fsp3) is 0.843. The highest BCUT2D eigenvalue weighted by molar-refractivity contribution is 5.77. The van der Waals surface area contributed by atoms with Crippen molar-refractivity contribution in [1.82, 2.24) is 5.32 Å². The number of carbonyl (C=O) groups excluding carboxylic acids is 2. The van der Waals surface area contributed by atoms with E-state index >= 15 is 0 Å². The minimum absolute atomic E-state index is 0.0757. The summed E-state index contributed by atoms with van der Waals surface area (Å²) in [6.07, 6.45) is 52.0. The summed E-state index contributed by atoms with van der Waals surface area (Å²) in [5, 5.41) is 23.7. The van der Waals surface area contributed by atoms with Crippen molar-refractivity contribution in [3.63, 3.8) is 0 Å². The van der Waals surface area contributed by atoms with Gasteiger partial charge in [-0.1, -0.05) is 218 Å². The van der Waals surface area contributed by atoms with Crippen molar-refractivity contribution in [3.8, 4) is 0 Å². The van der Waals surface area contributed by atoms with Gasteiger partial charge in [0.25, 0.3) is 0 Å². The summed E-state index contributed by atoms with van der Waals surface area (Å²) in [5.41, 5.74) is 0. The molecule has 0 radical (unpaired) electrons. The molecule has 0 rings (SSSR count). The Bertz CT molecular complexity index is 946. The van der Waals surface area contributed by atoms with Gasteiger partial charge in [0.05, 0.1) is 25.2 Å². The van der Waals surface area contributed by atoms with Crippen molar-refractivity contribution < 1.29 is 24.5 Å². The first-order valence-corrected chi connectivity index (χ1v) is 24.7. The van der Waals surface area contributed by atoms with Crippen molar-refractivity contribution in [3.05, 3.63) is 36.5 Å². The first kappa shape index (κ1) is 55.1. The topological polar surface area (TPSA) is 95.9 Å². The number of ether oxygens (including phenoxy) is 1. The first-order chi connectivity index (χ1) is 28.0. The molecule has 6 heteroatoms. The largest absolute Gasteiger partial charge is 0.462 e. The number of carbonyl (C=O) groups is 2. The molecule has 3 atom stereocenters. The zero-order chi connectivity index (χ0) is 41.7. The molecule has 0 aromatic rings. The van der Waals surface area contributed by atoms with Gasteiger partial charge in [0.2, 0.25) is 5.91 Å². The molecule has 0 aliphatic rings. The van der Waals surface area contributed by atoms with E-state index < -0.39 is 18.2 Å². The van der Waals surface area contributed by atoms with E-state index in [4.69, 9.17) is 4.74 Å². The number of aliphatic hydroxyl groups is 2. The molecule has 57 heavy (non-hydrogen) atoms. The van der Waals surface area contributed by atoms with Crippen molar-refractivity contribution in [2.45, 2.75) is 270 Å². The van der Waals surface area contributed by atoms with Gasteiger partial charge in [-0.15, -0.1) is 0 Å². The monoisotopic (exact) mass is 802 g/mol. The van der Waals surface area contributed by atoms with Crippen LogP contribution in [0.1, 0.15) is 252 Å². The van der Waals surface area contributed by atoms with Crippen LogP contribution >= 0.6 is 0 Å². The summed E-state index contributed by atoms with van der Waals surface area (Å²) in [5.74, 6) is -0.480. The molecule has 0 fully saturated rings. The van der Waals surface area contributed by atoms with E-state index in [1.54, 1.807) is 0 Å². The number of nitrogens with one attached hydrogen (secondary N) is 1. The molecule has 334 valence electrons. The van der Waals surface area contributed by atoms with Gasteiger partial charge in [-0.05, 0) is 57.8 Å². The molecule has 0 aromatic carbocycles. The molecule has 0 heterocycles. The standard InChI is InChI=1S/C51H95NO5/c1-4-7-10-13-16-19-22-24-25-26-27-29-32-35-38-41-44-51(56)57-47(42-39-36-33-30-28-23-20-17-14-11-8-5-2)45-50(55)52-48(46-53)49(54)43-40-37-34-31-21-18-15-12-9-6-3/h7,10,16,19,24-25,47-49,53-54H,4-6,8-9,11-15,17-18,20-23,26-46H2,1-3H3,(H,52,55)/b10-7+,19-16+,25-24+. The van der Waals surface area contributed by atoms with Gasteiger partial charge >= 0.3 is 5.97 Å². The SMILES string of the molecule is CC/C=C/C/C=C/C/C=C/CCCCCCCCC(=O)OC(CCCCCCCCCCCCCC)CC(=O)NC(CO)C(O)CCCCCCCCCCCC. The first-order valence-electron chi connectivity index (χ1n) is 24.7. The second kappa shape index (κ2) is 45.2. The van der Waals surface area contributed by atoms with Crippen molar-refractivity contribution in [2.24, 2.45) is 0 Å². The Labute approximate surface area is 353 Å². The lowest BCUT2D eigenvalue weighted by Crippen LogP contribution is -2.46. The number of aliphatic hydroxyl groups excluding tert-OH is 2. The van der Waals surface area contributed by atoms with E-state index in [9.17, 15) is 19.8 Å². The van der Waals surface area contributed by atoms with E-state index in [0.29, 0.717) is 19.3 Å². The summed E-state index contributed by atoms with van der Waals surface area (Å²) in [4.78, 5) is 26.1. The van der Waals surface area contributed by atoms with E-state index in [-0.39, 0.29) is 24.9 Å². The highest BCUT2D eigenvalue weighted by Gasteiger charge is 2.24. The molecule has 0 bridgehead atoms. The van der Waals surface area contributed by atoms with Crippen LogP contribution in [0.5, 0.6) is 0 Å². The molecule has 0 aliphatic heterocycles. The number of hydrogen-bond donors (Lipinski definition) is 3. The maximum Gasteiger partial charge on any atom is 0.306 e. The molecule has 1 amide bonds. The van der Waals surface area contributed by atoms with Crippen LogP contribution in [0, 0.1) is 0 Å². The summed E-state index contributed by atoms with van der Waals surface area (Å²) >= 11 is 0. The van der Waals surface area contributed by atoms with Crippen molar-refractivity contribution >= 4 is 11.9 Å². The number of amides is 1. The maximum atomic E-state index is 13.2. The fourth-order valence-electron chi connectivity index (χ4n) is 7.50. The Balaban J connectivity index is 4.56. The summed E-state index contributed by atoms with van der Waals surface area (Å²) in [6.45, 7) is 6.36. The van der Waals surface area contributed by atoms with Crippen LogP contribution in [0.4, 0.5) is 0 Å². The van der Waals surface area contributed by atoms with Crippen LogP contribution in [0.25, 0.3) is 0 Å². The van der Waals surface area contributed by atoms with Crippen LogP contribution in [0.15, 0.2) is 36.5 Å². The summed E-state index contributed by atoms with van der Waals surface area (Å²) < 4.78 is 5.92. The molecule has 3 N–H and O–H groups in total. The van der Waals surface area contributed by atoms with Gasteiger partial charge in [0.15, 0.2) is 0 Å². The average molecular weight is 802 g/mol. The van der Waals surface area contributed by atoms with Gasteiger partial charge in [0.1, 0.15) is 6.10 Å². The van der Waals surface area contributed by atoms with E-state index in [1.807, 2.05) is 0 Å². The smallest absolute Gasteiger partial charge is 0.306 e. The molecule has 0 aliphatic carbocycles. The van der Waals surface area contributed by atoms with Crippen LogP contribution in [0.3, 0.4) is 0 Å². The number of rotatable bonds is 44. The highest BCUT2D eigenvalue weighted by atomic mass is 16.5. The zero-order valence-corrected chi connectivity index (χ0v) is 38.0. The molecular weight excluding hydrogens is 707 g/mol. The van der Waals surface area contributed by atoms with Gasteiger partial charge in [-0.3, -0.25) is 9.59 Å². The maximum absolute atomic E-state index is 13.2. The quantitative estimate of drug-likeness (QED) is 0.0324. The number of esters is 1. The number of allylic oxidation sites excluding steroid dienone is 6. The Morgan fingerprint density at radius 1 is 0.526 bits per heavy atom. The van der Waals surface area contributed by atoms with Crippen molar-refractivity contribution in [1.29, 1.82) is 0 Å². The normalized spacial score (nSPS) is 13.6. The molecule has 0 saturated carbocycles. The lowest BCUT2D eigenvalue weighted by molar-refractivity contribution is -0.151. The Kier molecular flexibility index (Phi) is 43.6. The molecule has 6 nitrogen and oxygen atoms in total. The zero-order valence-electron chi connectivity index (χ0n) is 38.0. The lowest BCUT2D eigenvalue weighted by atomic mass is 10.0. The molecule has 0 aromatic heterocycles. The average Bonchev–Trinajstić information content (AvgIpc) is 3.20. The van der Waals surface area contributed by atoms with Crippen LogP contribution in [0.2, 0.25) is 0 Å². The minimum Gasteiger partial charge on any atom is -0.462 e. The van der Waals surface area contributed by atoms with Crippen LogP contribution in [-0.2, 0) is 14.3 Å². The van der Waals surface area contributed by atoms with E-state index in [2.05, 4.69) is 62.5 Å². The third-order valence-electron chi connectivity index (χ3n) is 11.2. The van der Waals surface area contributed by atoms with Crippen LogP contribution in [-0.4, -0.2) is 46.9 Å². The van der Waals surface area contributed by atoms with E-state index in [1.165, 1.54) is 128 Å². The summed E-state index contributed by atoms with van der Waals surface area (Å²) in [7, 11) is 0. The second-order valence-corrected chi connectivity index (χ2v) is 16.8. The number of unbranched alkanes of at least 4 members (excludes halogenated alkanes) is 26. The summed E-state index contributed by atoms with van der Waals surface area (Å²) in [6, 6.07) is -0.699. The lowest BCUT2D eigenvalue weighted by Gasteiger charge is -2.24. The van der Waals surface area contributed by atoms with Crippen LogP contribution < -0.4 is 5.32 Å². The Morgan fingerprint density at radius 3 is 1.44 bits per heavy atom. The minimum atomic E-state index is -0.785. The van der Waals surface area contributed by atoms with Gasteiger partial charge in [-0.25, -0.2) is 0 Å². The second-order valence-electron chi connectivity index (χ2n) is 16.8. The molecule has 0 spiro atoms. The molecule has 0 saturated heterocycles.